The summed E-state index contributed by atoms with van der Waals surface area (Å²) in [5.41, 5.74) is 2.06. The predicted octanol–water partition coefficient (Wildman–Crippen LogP) is 4.56. The van der Waals surface area contributed by atoms with Crippen LogP contribution >= 0.6 is 8.44 Å². The third kappa shape index (κ3) is 14.6. The highest BCUT2D eigenvalue weighted by molar-refractivity contribution is 8.44. The molecule has 1 rings (SSSR count). The van der Waals surface area contributed by atoms with Gasteiger partial charge in [-0.2, -0.15) is 0 Å². The number of carbonyl (C=O) groups is 1. The largest absolute Gasteiger partial charge is 0.481 e. The van der Waals surface area contributed by atoms with Crippen LogP contribution in [0.2, 0.25) is 0 Å². The lowest BCUT2D eigenvalue weighted by Gasteiger charge is -2.33. The van der Waals surface area contributed by atoms with Gasteiger partial charge < -0.3 is 14.3 Å². The van der Waals surface area contributed by atoms with Gasteiger partial charge in [0.15, 0.2) is 0 Å². The van der Waals surface area contributed by atoms with Crippen molar-refractivity contribution in [3.63, 3.8) is 0 Å². The number of unbranched alkanes of at least 4 members (excludes halogenated alkanes) is 7. The fraction of sp³-hybridized carbons (Fsp3) is 0.696. The summed E-state index contributed by atoms with van der Waals surface area (Å²) in [5.74, 6) is -0.902. The Morgan fingerprint density at radius 1 is 1.03 bits per heavy atom. The fourth-order valence-corrected chi connectivity index (χ4v) is 6.12. The maximum absolute atomic E-state index is 13.0. The monoisotopic (exact) mass is 474 g/mol. The Kier molecular flexibility index (Phi) is 12.8. The van der Waals surface area contributed by atoms with E-state index in [9.17, 15) is 14.1 Å². The number of hydrogen-bond donors (Lipinski definition) is 4. The summed E-state index contributed by atoms with van der Waals surface area (Å²) in [6.45, 7) is 2.81. The molecule has 180 valence electrons. The Hall–Kier alpha value is -1.01. The fourth-order valence-electron chi connectivity index (χ4n) is 3.73. The van der Waals surface area contributed by atoms with Gasteiger partial charge in [0.05, 0.1) is 40.2 Å². The molecule has 0 radical (unpaired) electrons. The Balaban J connectivity index is 2.47. The van der Waals surface area contributed by atoms with E-state index in [-0.39, 0.29) is 6.42 Å². The second kappa shape index (κ2) is 14.2. The van der Waals surface area contributed by atoms with E-state index in [0.29, 0.717) is 11.0 Å². The summed E-state index contributed by atoms with van der Waals surface area (Å²) >= 11 is 0. The van der Waals surface area contributed by atoms with Crippen molar-refractivity contribution in [1.29, 1.82) is 0 Å². The molecule has 0 aliphatic rings. The van der Waals surface area contributed by atoms with Crippen LogP contribution in [-0.2, 0) is 21.1 Å². The third-order valence-electron chi connectivity index (χ3n) is 5.13. The third-order valence-corrected chi connectivity index (χ3v) is 7.31. The highest BCUT2D eigenvalue weighted by Crippen LogP contribution is 2.20. The molecule has 1 unspecified atom stereocenters. The molecule has 2 atom stereocenters. The average molecular weight is 475 g/mol. The van der Waals surface area contributed by atoms with Crippen LogP contribution in [0.1, 0.15) is 70.3 Å². The maximum Gasteiger partial charge on any atom is 0.305 e. The smallest absolute Gasteiger partial charge is 0.305 e. The number of quaternary nitrogens is 1. The minimum Gasteiger partial charge on any atom is -0.481 e. The molecule has 0 saturated carbocycles. The van der Waals surface area contributed by atoms with Gasteiger partial charge >= 0.3 is 5.97 Å². The quantitative estimate of drug-likeness (QED) is 0.116. The molecular formula is C23H45N3O3PS+. The van der Waals surface area contributed by atoms with Gasteiger partial charge in [-0.25, -0.2) is 8.93 Å². The normalized spacial score (nSPS) is 13.7. The lowest BCUT2D eigenvalue weighted by atomic mass is 10.0. The van der Waals surface area contributed by atoms with Crippen molar-refractivity contribution in [2.24, 2.45) is 0 Å². The molecule has 0 aliphatic heterocycles. The Morgan fingerprint density at radius 2 is 1.58 bits per heavy atom. The Bertz CT molecular complexity index is 692. The lowest BCUT2D eigenvalue weighted by molar-refractivity contribution is -0.871. The zero-order valence-corrected chi connectivity index (χ0v) is 21.9. The number of likely N-dealkylation sites (N-methyl/N-ethyl adjacent to an activating group) is 1. The molecular weight excluding hydrogens is 429 g/mol. The van der Waals surface area contributed by atoms with E-state index < -0.39 is 21.9 Å². The van der Waals surface area contributed by atoms with Gasteiger partial charge in [-0.3, -0.25) is 4.79 Å². The maximum atomic E-state index is 13.0. The van der Waals surface area contributed by atoms with Gasteiger partial charge in [0.25, 0.3) is 0 Å². The van der Waals surface area contributed by atoms with Crippen molar-refractivity contribution in [3.8, 4) is 0 Å². The number of rotatable bonds is 17. The van der Waals surface area contributed by atoms with Crippen LogP contribution in [-0.4, -0.2) is 53.5 Å². The molecule has 3 N–H and O–H groups in total. The molecule has 6 nitrogen and oxygen atoms in total. The highest BCUT2D eigenvalue weighted by atomic mass is 32.8. The Morgan fingerprint density at radius 3 is 2.10 bits per heavy atom. The summed E-state index contributed by atoms with van der Waals surface area (Å²) in [6.07, 6.45) is 11.5. The predicted molar refractivity (Wildman–Crippen MR) is 138 cm³/mol. The first-order valence-electron chi connectivity index (χ1n) is 11.6. The number of benzene rings is 1. The van der Waals surface area contributed by atoms with Crippen LogP contribution < -0.4 is 9.44 Å². The van der Waals surface area contributed by atoms with Crippen molar-refractivity contribution >= 4 is 30.0 Å². The number of carboxylic acid groups (broad SMARTS) is 1. The van der Waals surface area contributed by atoms with Gasteiger partial charge in [0.2, 0.25) is 0 Å². The summed E-state index contributed by atoms with van der Waals surface area (Å²) < 4.78 is 19.7. The van der Waals surface area contributed by atoms with Gasteiger partial charge in [-0.05, 0) is 39.0 Å². The Labute approximate surface area is 192 Å². The molecule has 0 spiro atoms. The molecule has 8 heteroatoms. The number of thiol groups is 1. The number of nitrogens with zero attached hydrogens (tertiary/aromatic N) is 1. The van der Waals surface area contributed by atoms with Gasteiger partial charge in [0.1, 0.15) is 0 Å². The van der Waals surface area contributed by atoms with E-state index >= 15 is 0 Å². The van der Waals surface area contributed by atoms with Crippen LogP contribution in [0.15, 0.2) is 24.3 Å². The minimum atomic E-state index is -3.03. The first-order chi connectivity index (χ1) is 14.5. The number of nitrogens with one attached hydrogen (secondary N) is 2. The van der Waals surface area contributed by atoms with E-state index in [0.717, 1.165) is 12.1 Å². The number of anilines is 1. The van der Waals surface area contributed by atoms with Crippen LogP contribution in [0.25, 0.3) is 0 Å². The second-order valence-corrected chi connectivity index (χ2v) is 13.6. The number of carboxylic acids is 1. The lowest BCUT2D eigenvalue weighted by Crippen LogP contribution is -2.51. The van der Waals surface area contributed by atoms with E-state index in [2.05, 4.69) is 36.9 Å². The van der Waals surface area contributed by atoms with Gasteiger partial charge in [0, 0.05) is 15.6 Å². The topological polar surface area (TPSA) is 78.4 Å². The van der Waals surface area contributed by atoms with E-state index in [1.807, 2.05) is 33.3 Å². The number of aliphatic carboxylic acids is 1. The molecule has 31 heavy (non-hydrogen) atoms. The average Bonchev–Trinajstić information content (AvgIpc) is 2.62. The first kappa shape index (κ1) is 28.0. The second-order valence-electron chi connectivity index (χ2n) is 9.59. The number of hydrogen-bond acceptors (Lipinski definition) is 2. The first-order valence-corrected chi connectivity index (χ1v) is 14.9. The standard InChI is InChI=1S/C23H44N3O3PS/c1-5-6-7-8-9-10-11-12-13-20-14-16-21(17-15-20)24-31(29,30)25-22(18-23(27)28)19-26(2,3)4/h14-17,22,31H,5-13,18-19,30H2,1-4H3,(H2-,24,25,27,28,29)/p+1/t22-/m1/s1. The summed E-state index contributed by atoms with van der Waals surface area (Å²) in [5, 5.41) is 9.19. The zero-order chi connectivity index (χ0) is 23.3. The van der Waals surface area contributed by atoms with Crippen LogP contribution in [0.4, 0.5) is 5.69 Å². The molecule has 1 aromatic carbocycles. The summed E-state index contributed by atoms with van der Waals surface area (Å²) in [4.78, 5) is 11.2. The molecule has 0 fully saturated rings. The molecule has 0 aromatic heterocycles. The molecule has 0 saturated heterocycles. The van der Waals surface area contributed by atoms with Crippen molar-refractivity contribution in [1.82, 2.24) is 4.72 Å². The summed E-state index contributed by atoms with van der Waals surface area (Å²) in [7, 11) is 5.28. The van der Waals surface area contributed by atoms with Crippen molar-refractivity contribution in [2.75, 3.05) is 32.4 Å². The summed E-state index contributed by atoms with van der Waals surface area (Å²) in [6, 6.07) is 7.66. The molecule has 0 heterocycles. The van der Waals surface area contributed by atoms with Crippen LogP contribution in [0, 0.1) is 0 Å². The minimum absolute atomic E-state index is 0.0763. The molecule has 0 aliphatic carbocycles. The zero-order valence-electron chi connectivity index (χ0n) is 19.9. The van der Waals surface area contributed by atoms with Crippen molar-refractivity contribution in [3.05, 3.63) is 29.8 Å². The highest BCUT2D eigenvalue weighted by Gasteiger charge is 2.24. The van der Waals surface area contributed by atoms with E-state index in [1.165, 1.54) is 56.9 Å². The molecule has 0 bridgehead atoms. The van der Waals surface area contributed by atoms with Gasteiger partial charge in [-0.1, -0.05) is 64.0 Å². The van der Waals surface area contributed by atoms with Crippen molar-refractivity contribution in [2.45, 2.75) is 77.2 Å². The van der Waals surface area contributed by atoms with Crippen molar-refractivity contribution < 1.29 is 18.6 Å². The van der Waals surface area contributed by atoms with Gasteiger partial charge in [-0.15, -0.1) is 0 Å². The van der Waals surface area contributed by atoms with Crippen LogP contribution in [0.3, 0.4) is 0 Å². The molecule has 0 amide bonds. The SMILES string of the molecule is CCCCCCCCCCc1ccc(N[SH](=O)(P)N[C@H](CC(=O)O)C[N+](C)(C)C)cc1. The van der Waals surface area contributed by atoms with E-state index in [4.69, 9.17) is 0 Å². The van der Waals surface area contributed by atoms with Crippen LogP contribution in [0.5, 0.6) is 0 Å². The molecule has 1 aromatic rings. The van der Waals surface area contributed by atoms with E-state index in [1.54, 1.807) is 0 Å². The number of aryl methyl sites for hydroxylation is 1.